The SMILES string of the molecule is O=C(O)c1ccc(C2(O)C=CN=N2)nc1. The van der Waals surface area contributed by atoms with Gasteiger partial charge in [0.2, 0.25) is 5.72 Å². The normalized spacial score (nSPS) is 23.3. The van der Waals surface area contributed by atoms with E-state index in [9.17, 15) is 9.90 Å². The average Bonchev–Trinajstić information content (AvgIpc) is 2.67. The van der Waals surface area contributed by atoms with Crippen LogP contribution in [-0.4, -0.2) is 21.2 Å². The van der Waals surface area contributed by atoms with Gasteiger partial charge in [-0.3, -0.25) is 4.98 Å². The van der Waals surface area contributed by atoms with Crippen LogP contribution in [0.2, 0.25) is 0 Å². The molecule has 0 bridgehead atoms. The molecular weight excluding hydrogens is 198 g/mol. The fourth-order valence-corrected chi connectivity index (χ4v) is 1.17. The molecule has 2 N–H and O–H groups in total. The van der Waals surface area contributed by atoms with Crippen molar-refractivity contribution < 1.29 is 15.0 Å². The maximum atomic E-state index is 10.6. The summed E-state index contributed by atoms with van der Waals surface area (Å²) >= 11 is 0. The Morgan fingerprint density at radius 3 is 2.67 bits per heavy atom. The average molecular weight is 205 g/mol. The van der Waals surface area contributed by atoms with E-state index in [1.54, 1.807) is 0 Å². The highest BCUT2D eigenvalue weighted by Gasteiger charge is 2.30. The van der Waals surface area contributed by atoms with Crippen molar-refractivity contribution in [2.45, 2.75) is 5.72 Å². The van der Waals surface area contributed by atoms with E-state index in [1.807, 2.05) is 0 Å². The Bertz CT molecular complexity index is 438. The smallest absolute Gasteiger partial charge is 0.337 e. The van der Waals surface area contributed by atoms with Crippen LogP contribution in [0.25, 0.3) is 0 Å². The summed E-state index contributed by atoms with van der Waals surface area (Å²) in [4.78, 5) is 14.4. The molecule has 6 heteroatoms. The van der Waals surface area contributed by atoms with Gasteiger partial charge in [0.1, 0.15) is 5.69 Å². The summed E-state index contributed by atoms with van der Waals surface area (Å²) in [6, 6.07) is 2.75. The number of aliphatic hydroxyl groups is 1. The zero-order valence-electron chi connectivity index (χ0n) is 7.53. The molecule has 2 rings (SSSR count). The molecule has 1 aliphatic heterocycles. The molecule has 1 aliphatic rings. The lowest BCUT2D eigenvalue weighted by Crippen LogP contribution is -2.19. The van der Waals surface area contributed by atoms with Gasteiger partial charge in [0.25, 0.3) is 0 Å². The maximum Gasteiger partial charge on any atom is 0.337 e. The van der Waals surface area contributed by atoms with Crippen LogP contribution in [-0.2, 0) is 5.72 Å². The summed E-state index contributed by atoms with van der Waals surface area (Å²) in [7, 11) is 0. The first-order valence-corrected chi connectivity index (χ1v) is 4.14. The molecule has 0 aliphatic carbocycles. The first-order valence-electron chi connectivity index (χ1n) is 4.14. The van der Waals surface area contributed by atoms with E-state index in [-0.39, 0.29) is 11.3 Å². The molecule has 0 radical (unpaired) electrons. The van der Waals surface area contributed by atoms with E-state index in [0.717, 1.165) is 6.20 Å². The monoisotopic (exact) mass is 205 g/mol. The number of aromatic carboxylic acids is 1. The van der Waals surface area contributed by atoms with Crippen LogP contribution in [0.1, 0.15) is 16.1 Å². The zero-order chi connectivity index (χ0) is 10.9. The first-order chi connectivity index (χ1) is 7.12. The minimum atomic E-state index is -1.56. The molecule has 1 unspecified atom stereocenters. The van der Waals surface area contributed by atoms with Crippen molar-refractivity contribution in [3.8, 4) is 0 Å². The number of aromatic nitrogens is 1. The fraction of sp³-hybridized carbons (Fsp3) is 0.111. The standard InChI is InChI=1S/C9H7N3O3/c13-8(14)6-1-2-7(10-5-6)9(15)3-4-11-12-9/h1-5,15H,(H,13,14). The minimum Gasteiger partial charge on any atom is -0.478 e. The highest BCUT2D eigenvalue weighted by atomic mass is 16.4. The molecule has 2 heterocycles. The Labute approximate surface area is 84.6 Å². The van der Waals surface area contributed by atoms with E-state index < -0.39 is 11.7 Å². The van der Waals surface area contributed by atoms with E-state index in [4.69, 9.17) is 5.11 Å². The highest BCUT2D eigenvalue weighted by Crippen LogP contribution is 2.26. The molecule has 15 heavy (non-hydrogen) atoms. The van der Waals surface area contributed by atoms with Crippen molar-refractivity contribution in [3.05, 3.63) is 41.9 Å². The van der Waals surface area contributed by atoms with Crippen LogP contribution in [0.3, 0.4) is 0 Å². The Balaban J connectivity index is 2.35. The van der Waals surface area contributed by atoms with Crippen LogP contribution < -0.4 is 0 Å². The van der Waals surface area contributed by atoms with Crippen molar-refractivity contribution in [2.75, 3.05) is 0 Å². The van der Waals surface area contributed by atoms with Crippen molar-refractivity contribution in [1.82, 2.24) is 4.98 Å². The van der Waals surface area contributed by atoms with E-state index in [0.29, 0.717) is 0 Å². The van der Waals surface area contributed by atoms with Crippen molar-refractivity contribution in [1.29, 1.82) is 0 Å². The van der Waals surface area contributed by atoms with Gasteiger partial charge in [0.15, 0.2) is 0 Å². The molecule has 0 saturated heterocycles. The third kappa shape index (κ3) is 1.62. The van der Waals surface area contributed by atoms with Crippen molar-refractivity contribution in [3.63, 3.8) is 0 Å². The minimum absolute atomic E-state index is 0.0567. The van der Waals surface area contributed by atoms with Gasteiger partial charge in [-0.05, 0) is 18.2 Å². The molecule has 1 aromatic heterocycles. The van der Waals surface area contributed by atoms with Crippen LogP contribution in [0.5, 0.6) is 0 Å². The summed E-state index contributed by atoms with van der Waals surface area (Å²) in [5.41, 5.74) is -1.26. The predicted octanol–water partition coefficient (Wildman–Crippen LogP) is 0.904. The molecule has 0 saturated carbocycles. The third-order valence-corrected chi connectivity index (χ3v) is 1.97. The van der Waals surface area contributed by atoms with Crippen LogP contribution in [0.4, 0.5) is 0 Å². The van der Waals surface area contributed by atoms with Gasteiger partial charge in [-0.25, -0.2) is 4.79 Å². The molecule has 76 valence electrons. The second kappa shape index (κ2) is 3.25. The van der Waals surface area contributed by atoms with Gasteiger partial charge in [-0.1, -0.05) is 0 Å². The molecule has 6 nitrogen and oxygen atoms in total. The maximum absolute atomic E-state index is 10.6. The van der Waals surface area contributed by atoms with Crippen LogP contribution in [0, 0.1) is 0 Å². The van der Waals surface area contributed by atoms with Gasteiger partial charge in [-0.15, -0.1) is 5.11 Å². The Morgan fingerprint density at radius 1 is 1.40 bits per heavy atom. The first kappa shape index (κ1) is 9.47. The van der Waals surface area contributed by atoms with E-state index >= 15 is 0 Å². The summed E-state index contributed by atoms with van der Waals surface area (Å²) in [5, 5.41) is 25.6. The number of carboxylic acids is 1. The molecule has 0 aromatic carbocycles. The number of carbonyl (C=O) groups is 1. The highest BCUT2D eigenvalue weighted by molar-refractivity contribution is 5.87. The number of carboxylic acid groups (broad SMARTS) is 1. The number of rotatable bonds is 2. The second-order valence-corrected chi connectivity index (χ2v) is 2.99. The molecule has 1 aromatic rings. The summed E-state index contributed by atoms with van der Waals surface area (Å²) < 4.78 is 0. The summed E-state index contributed by atoms with van der Waals surface area (Å²) in [6.45, 7) is 0. The summed E-state index contributed by atoms with van der Waals surface area (Å²) in [5.74, 6) is -1.07. The lowest BCUT2D eigenvalue weighted by Gasteiger charge is -2.13. The largest absolute Gasteiger partial charge is 0.478 e. The van der Waals surface area contributed by atoms with Crippen LogP contribution >= 0.6 is 0 Å². The lowest BCUT2D eigenvalue weighted by molar-refractivity contribution is 0.0694. The van der Waals surface area contributed by atoms with Gasteiger partial charge in [0.05, 0.1) is 11.8 Å². The van der Waals surface area contributed by atoms with Crippen molar-refractivity contribution in [2.24, 2.45) is 10.2 Å². The zero-order valence-corrected chi connectivity index (χ0v) is 7.53. The second-order valence-electron chi connectivity index (χ2n) is 2.99. The van der Waals surface area contributed by atoms with Gasteiger partial charge >= 0.3 is 5.97 Å². The Hall–Kier alpha value is -2.08. The van der Waals surface area contributed by atoms with E-state index in [2.05, 4.69) is 15.2 Å². The summed E-state index contributed by atoms with van der Waals surface area (Å²) in [6.07, 6.45) is 3.89. The number of hydrogen-bond donors (Lipinski definition) is 2. The van der Waals surface area contributed by atoms with Gasteiger partial charge < -0.3 is 10.2 Å². The number of azo groups is 1. The Morgan fingerprint density at radius 2 is 2.20 bits per heavy atom. The number of hydrogen-bond acceptors (Lipinski definition) is 5. The van der Waals surface area contributed by atoms with E-state index in [1.165, 1.54) is 24.4 Å². The van der Waals surface area contributed by atoms with Crippen molar-refractivity contribution >= 4 is 5.97 Å². The third-order valence-electron chi connectivity index (χ3n) is 1.97. The number of pyridine rings is 1. The fourth-order valence-electron chi connectivity index (χ4n) is 1.17. The molecule has 1 atom stereocenters. The molecule has 0 spiro atoms. The topological polar surface area (TPSA) is 95.1 Å². The quantitative estimate of drug-likeness (QED) is 0.749. The van der Waals surface area contributed by atoms with Gasteiger partial charge in [0, 0.05) is 6.20 Å². The molecule has 0 fully saturated rings. The molecular formula is C9H7N3O3. The molecule has 0 amide bonds. The predicted molar refractivity (Wildman–Crippen MR) is 49.1 cm³/mol. The lowest BCUT2D eigenvalue weighted by atomic mass is 10.1. The van der Waals surface area contributed by atoms with Gasteiger partial charge in [-0.2, -0.15) is 5.11 Å². The Kier molecular flexibility index (Phi) is 2.05. The van der Waals surface area contributed by atoms with Crippen LogP contribution in [0.15, 0.2) is 40.8 Å². The number of nitrogens with zero attached hydrogens (tertiary/aromatic N) is 3.